The van der Waals surface area contributed by atoms with Gasteiger partial charge in [0.1, 0.15) is 13.2 Å². The third-order valence-electron chi connectivity index (χ3n) is 3.35. The first kappa shape index (κ1) is 9.70. The van der Waals surface area contributed by atoms with Crippen LogP contribution >= 0.6 is 0 Å². The lowest BCUT2D eigenvalue weighted by molar-refractivity contribution is 0.0911. The molecule has 1 aromatic carbocycles. The molecule has 0 aromatic heterocycles. The molecular weight excluding hydrogens is 204 g/mol. The van der Waals surface area contributed by atoms with Gasteiger partial charge in [-0.25, -0.2) is 0 Å². The maximum atomic E-state index is 12.1. The monoisotopic (exact) mass is 218 g/mol. The van der Waals surface area contributed by atoms with Gasteiger partial charge < -0.3 is 9.47 Å². The van der Waals surface area contributed by atoms with Crippen LogP contribution < -0.4 is 9.47 Å². The molecule has 0 bridgehead atoms. The second-order valence-electron chi connectivity index (χ2n) is 4.75. The number of carbonyl (C=O) groups excluding carboxylic acids is 1. The molecule has 84 valence electrons. The van der Waals surface area contributed by atoms with E-state index in [2.05, 4.69) is 0 Å². The molecule has 1 heterocycles. The molecule has 0 radical (unpaired) electrons. The molecule has 3 nitrogen and oxygen atoms in total. The molecule has 3 heteroatoms. The molecule has 0 N–H and O–H groups in total. The van der Waals surface area contributed by atoms with E-state index in [9.17, 15) is 4.79 Å². The Morgan fingerprint density at radius 2 is 1.88 bits per heavy atom. The summed E-state index contributed by atoms with van der Waals surface area (Å²) in [6, 6.07) is 5.47. The minimum atomic E-state index is -0.121. The lowest BCUT2D eigenvalue weighted by atomic mass is 9.96. The summed E-state index contributed by atoms with van der Waals surface area (Å²) >= 11 is 0. The second kappa shape index (κ2) is 3.24. The molecule has 0 amide bonds. The van der Waals surface area contributed by atoms with Gasteiger partial charge in [0.2, 0.25) is 0 Å². The van der Waals surface area contributed by atoms with Crippen LogP contribution in [0.5, 0.6) is 11.5 Å². The molecule has 0 atom stereocenters. The van der Waals surface area contributed by atoms with E-state index >= 15 is 0 Å². The normalized spacial score (nSPS) is 20.3. The summed E-state index contributed by atoms with van der Waals surface area (Å²) in [5.41, 5.74) is 0.619. The molecule has 1 aliphatic heterocycles. The van der Waals surface area contributed by atoms with Crippen molar-refractivity contribution in [2.45, 2.75) is 19.8 Å². The number of fused-ring (bicyclic) bond motifs is 1. The summed E-state index contributed by atoms with van der Waals surface area (Å²) in [5, 5.41) is 0. The Bertz CT molecular complexity index is 446. The summed E-state index contributed by atoms with van der Waals surface area (Å²) in [7, 11) is 0. The molecule has 1 fully saturated rings. The molecule has 0 spiro atoms. The van der Waals surface area contributed by atoms with Gasteiger partial charge in [-0.05, 0) is 31.0 Å². The predicted octanol–water partition coefficient (Wildman–Crippen LogP) is 2.44. The van der Waals surface area contributed by atoms with E-state index < -0.39 is 0 Å². The number of ether oxygens (including phenoxy) is 2. The zero-order valence-corrected chi connectivity index (χ0v) is 9.29. The Kier molecular flexibility index (Phi) is 1.96. The fourth-order valence-corrected chi connectivity index (χ4v) is 1.95. The van der Waals surface area contributed by atoms with Gasteiger partial charge >= 0.3 is 0 Å². The third-order valence-corrected chi connectivity index (χ3v) is 3.35. The van der Waals surface area contributed by atoms with Gasteiger partial charge in [0.25, 0.3) is 0 Å². The highest BCUT2D eigenvalue weighted by molar-refractivity contribution is 6.02. The Morgan fingerprint density at radius 1 is 1.19 bits per heavy atom. The Labute approximate surface area is 94.4 Å². The first-order valence-electron chi connectivity index (χ1n) is 5.63. The second-order valence-corrected chi connectivity index (χ2v) is 4.75. The van der Waals surface area contributed by atoms with Crippen molar-refractivity contribution in [3.63, 3.8) is 0 Å². The highest BCUT2D eigenvalue weighted by atomic mass is 16.6. The van der Waals surface area contributed by atoms with Crippen LogP contribution in [-0.4, -0.2) is 19.0 Å². The number of hydrogen-bond acceptors (Lipinski definition) is 3. The van der Waals surface area contributed by atoms with E-state index in [0.717, 1.165) is 24.2 Å². The lowest BCUT2D eigenvalue weighted by Crippen LogP contribution is -2.17. The number of Topliss-reactive ketones (excluding diaryl/α,β-unsaturated/α-hetero) is 1. The van der Waals surface area contributed by atoms with Gasteiger partial charge in [-0.15, -0.1) is 0 Å². The van der Waals surface area contributed by atoms with Crippen LogP contribution in [0.25, 0.3) is 0 Å². The van der Waals surface area contributed by atoms with Crippen LogP contribution in [-0.2, 0) is 0 Å². The smallest absolute Gasteiger partial charge is 0.168 e. The van der Waals surface area contributed by atoms with Gasteiger partial charge in [0, 0.05) is 11.0 Å². The number of rotatable bonds is 2. The molecular formula is C13H14O3. The lowest BCUT2D eigenvalue weighted by Gasteiger charge is -2.19. The maximum absolute atomic E-state index is 12.1. The summed E-state index contributed by atoms with van der Waals surface area (Å²) in [5.74, 6) is 1.66. The van der Waals surface area contributed by atoms with Crippen molar-refractivity contribution < 1.29 is 14.3 Å². The van der Waals surface area contributed by atoms with Gasteiger partial charge in [0.15, 0.2) is 17.3 Å². The molecule has 3 rings (SSSR count). The van der Waals surface area contributed by atoms with E-state index in [1.807, 2.05) is 19.1 Å². The maximum Gasteiger partial charge on any atom is 0.168 e. The van der Waals surface area contributed by atoms with Crippen LogP contribution in [0.15, 0.2) is 18.2 Å². The summed E-state index contributed by atoms with van der Waals surface area (Å²) in [6.07, 6.45) is 2.00. The van der Waals surface area contributed by atoms with Crippen molar-refractivity contribution in [3.05, 3.63) is 23.8 Å². The van der Waals surface area contributed by atoms with Crippen LogP contribution in [0, 0.1) is 5.41 Å². The minimum Gasteiger partial charge on any atom is -0.486 e. The van der Waals surface area contributed by atoms with Crippen molar-refractivity contribution in [1.29, 1.82) is 0 Å². The zero-order chi connectivity index (χ0) is 11.2. The van der Waals surface area contributed by atoms with E-state index in [4.69, 9.17) is 9.47 Å². The fraction of sp³-hybridized carbons (Fsp3) is 0.462. The van der Waals surface area contributed by atoms with E-state index in [-0.39, 0.29) is 11.2 Å². The summed E-state index contributed by atoms with van der Waals surface area (Å²) in [6.45, 7) is 3.16. The van der Waals surface area contributed by atoms with Gasteiger partial charge in [0.05, 0.1) is 0 Å². The molecule has 16 heavy (non-hydrogen) atoms. The molecule has 1 saturated carbocycles. The number of hydrogen-bond donors (Lipinski definition) is 0. The van der Waals surface area contributed by atoms with Gasteiger partial charge in [-0.2, -0.15) is 0 Å². The van der Waals surface area contributed by atoms with Crippen molar-refractivity contribution in [2.24, 2.45) is 5.41 Å². The first-order valence-corrected chi connectivity index (χ1v) is 5.63. The Balaban J connectivity index is 1.94. The summed E-state index contributed by atoms with van der Waals surface area (Å²) < 4.78 is 10.9. The van der Waals surface area contributed by atoms with Crippen LogP contribution in [0.3, 0.4) is 0 Å². The molecule has 1 aromatic rings. The molecule has 2 aliphatic rings. The largest absolute Gasteiger partial charge is 0.486 e. The molecule has 1 aliphatic carbocycles. The van der Waals surface area contributed by atoms with E-state index in [1.165, 1.54) is 0 Å². The predicted molar refractivity (Wildman–Crippen MR) is 59.1 cm³/mol. The number of ketones is 1. The molecule has 0 unspecified atom stereocenters. The van der Waals surface area contributed by atoms with Crippen LogP contribution in [0.4, 0.5) is 0 Å². The topological polar surface area (TPSA) is 35.5 Å². The molecule has 0 saturated heterocycles. The van der Waals surface area contributed by atoms with E-state index in [0.29, 0.717) is 19.0 Å². The van der Waals surface area contributed by atoms with Crippen LogP contribution in [0.1, 0.15) is 30.1 Å². The number of benzene rings is 1. The Morgan fingerprint density at radius 3 is 2.56 bits per heavy atom. The first-order chi connectivity index (χ1) is 7.69. The van der Waals surface area contributed by atoms with Crippen molar-refractivity contribution in [2.75, 3.05) is 13.2 Å². The van der Waals surface area contributed by atoms with E-state index in [1.54, 1.807) is 6.07 Å². The zero-order valence-electron chi connectivity index (χ0n) is 9.29. The van der Waals surface area contributed by atoms with Crippen molar-refractivity contribution in [1.82, 2.24) is 0 Å². The highest BCUT2D eigenvalue weighted by Gasteiger charge is 2.45. The average Bonchev–Trinajstić information content (AvgIpc) is 3.07. The van der Waals surface area contributed by atoms with Crippen molar-refractivity contribution in [3.8, 4) is 11.5 Å². The fourth-order valence-electron chi connectivity index (χ4n) is 1.95. The van der Waals surface area contributed by atoms with Crippen molar-refractivity contribution >= 4 is 5.78 Å². The van der Waals surface area contributed by atoms with Gasteiger partial charge in [-0.3, -0.25) is 4.79 Å². The third kappa shape index (κ3) is 1.47. The van der Waals surface area contributed by atoms with Gasteiger partial charge in [-0.1, -0.05) is 6.92 Å². The Hall–Kier alpha value is -1.51. The quantitative estimate of drug-likeness (QED) is 0.715. The SMILES string of the molecule is CC1(C(=O)c2ccc3c(c2)OCCO3)CC1. The standard InChI is InChI=1S/C13H14O3/c1-13(4-5-13)12(14)9-2-3-10-11(8-9)16-7-6-15-10/h2-3,8H,4-7H2,1H3. The highest BCUT2D eigenvalue weighted by Crippen LogP contribution is 2.48. The minimum absolute atomic E-state index is 0.121. The van der Waals surface area contributed by atoms with Crippen LogP contribution in [0.2, 0.25) is 0 Å². The average molecular weight is 218 g/mol. The summed E-state index contributed by atoms with van der Waals surface area (Å²) in [4.78, 5) is 12.1. The number of carbonyl (C=O) groups is 1.